The van der Waals surface area contributed by atoms with Gasteiger partial charge in [0.15, 0.2) is 0 Å². The highest BCUT2D eigenvalue weighted by Gasteiger charge is 2.25. The first-order chi connectivity index (χ1) is 16.1. The van der Waals surface area contributed by atoms with Crippen molar-refractivity contribution in [2.24, 2.45) is 0 Å². The van der Waals surface area contributed by atoms with Gasteiger partial charge in [-0.2, -0.15) is 0 Å². The molecule has 1 saturated heterocycles. The van der Waals surface area contributed by atoms with Crippen LogP contribution in [0, 0.1) is 13.8 Å². The standard InChI is InChI=1S/C28H34N2O3/c1-22-7-11-26(12-8-22)32-20-25(21-33-27-13-9-23(2)10-14-27)30-17-15-29(16-18-30)24-5-4-6-28(19-24)31-3/h4-14,19,25H,15-18,20-21H2,1-3H3. The minimum absolute atomic E-state index is 0.167. The SMILES string of the molecule is COc1cccc(N2CCN(C(COc3ccc(C)cc3)COc3ccc(C)cc3)CC2)c1. The zero-order valence-electron chi connectivity index (χ0n) is 19.9. The number of ether oxygens (including phenoxy) is 3. The quantitative estimate of drug-likeness (QED) is 0.464. The molecule has 0 N–H and O–H groups in total. The molecule has 0 bridgehead atoms. The fourth-order valence-corrected chi connectivity index (χ4v) is 4.07. The van der Waals surface area contributed by atoms with Crippen LogP contribution in [-0.4, -0.2) is 57.4 Å². The first kappa shape index (κ1) is 23.0. The van der Waals surface area contributed by atoms with Crippen molar-refractivity contribution in [2.45, 2.75) is 19.9 Å². The molecule has 33 heavy (non-hydrogen) atoms. The topological polar surface area (TPSA) is 34.2 Å². The van der Waals surface area contributed by atoms with Crippen LogP contribution in [0.5, 0.6) is 17.2 Å². The summed E-state index contributed by atoms with van der Waals surface area (Å²) in [5.74, 6) is 2.69. The lowest BCUT2D eigenvalue weighted by Gasteiger charge is -2.40. The molecule has 0 spiro atoms. The first-order valence-corrected chi connectivity index (χ1v) is 11.6. The normalized spacial score (nSPS) is 14.4. The molecule has 1 aliphatic heterocycles. The molecule has 0 saturated carbocycles. The summed E-state index contributed by atoms with van der Waals surface area (Å²) in [6, 6.07) is 24.9. The van der Waals surface area contributed by atoms with Crippen molar-refractivity contribution >= 4 is 5.69 Å². The van der Waals surface area contributed by atoms with Crippen LogP contribution < -0.4 is 19.1 Å². The van der Waals surface area contributed by atoms with Gasteiger partial charge in [0.2, 0.25) is 0 Å². The molecular weight excluding hydrogens is 412 g/mol. The molecule has 5 heteroatoms. The third-order valence-corrected chi connectivity index (χ3v) is 6.18. The smallest absolute Gasteiger partial charge is 0.120 e. The summed E-state index contributed by atoms with van der Waals surface area (Å²) in [5.41, 5.74) is 3.67. The van der Waals surface area contributed by atoms with Gasteiger partial charge in [-0.3, -0.25) is 4.90 Å². The van der Waals surface area contributed by atoms with Crippen LogP contribution in [0.25, 0.3) is 0 Å². The number of hydrogen-bond donors (Lipinski definition) is 0. The Morgan fingerprint density at radius 1 is 0.697 bits per heavy atom. The molecule has 0 aromatic heterocycles. The van der Waals surface area contributed by atoms with Gasteiger partial charge in [-0.25, -0.2) is 0 Å². The predicted molar refractivity (Wildman–Crippen MR) is 134 cm³/mol. The molecule has 1 fully saturated rings. The molecular formula is C28H34N2O3. The maximum Gasteiger partial charge on any atom is 0.120 e. The van der Waals surface area contributed by atoms with E-state index in [9.17, 15) is 0 Å². The zero-order chi connectivity index (χ0) is 23.0. The largest absolute Gasteiger partial charge is 0.497 e. The van der Waals surface area contributed by atoms with Crippen molar-refractivity contribution in [3.05, 3.63) is 83.9 Å². The maximum atomic E-state index is 6.17. The van der Waals surface area contributed by atoms with E-state index in [1.807, 2.05) is 36.4 Å². The lowest BCUT2D eigenvalue weighted by atomic mass is 10.2. The molecule has 4 rings (SSSR count). The van der Waals surface area contributed by atoms with Gasteiger partial charge in [-0.05, 0) is 50.2 Å². The second-order valence-corrected chi connectivity index (χ2v) is 8.63. The van der Waals surface area contributed by atoms with Crippen molar-refractivity contribution in [3.63, 3.8) is 0 Å². The Kier molecular flexibility index (Phi) is 7.74. The average Bonchev–Trinajstić information content (AvgIpc) is 2.86. The summed E-state index contributed by atoms with van der Waals surface area (Å²) in [5, 5.41) is 0. The van der Waals surface area contributed by atoms with Crippen molar-refractivity contribution < 1.29 is 14.2 Å². The number of piperazine rings is 1. The van der Waals surface area contributed by atoms with E-state index >= 15 is 0 Å². The van der Waals surface area contributed by atoms with Gasteiger partial charge in [0, 0.05) is 37.9 Å². The number of anilines is 1. The molecule has 174 valence electrons. The van der Waals surface area contributed by atoms with E-state index in [0.29, 0.717) is 13.2 Å². The Balaban J connectivity index is 1.39. The number of rotatable bonds is 9. The Bertz CT molecular complexity index is 947. The molecule has 0 aliphatic carbocycles. The van der Waals surface area contributed by atoms with Crippen LogP contribution in [0.2, 0.25) is 0 Å². The molecule has 0 unspecified atom stereocenters. The van der Waals surface area contributed by atoms with Crippen LogP contribution >= 0.6 is 0 Å². The first-order valence-electron chi connectivity index (χ1n) is 11.6. The maximum absolute atomic E-state index is 6.17. The summed E-state index contributed by atoms with van der Waals surface area (Å²) >= 11 is 0. The van der Waals surface area contributed by atoms with E-state index < -0.39 is 0 Å². The number of aryl methyl sites for hydroxylation is 2. The highest BCUT2D eigenvalue weighted by molar-refractivity contribution is 5.51. The van der Waals surface area contributed by atoms with Crippen molar-refractivity contribution in [3.8, 4) is 17.2 Å². The summed E-state index contributed by atoms with van der Waals surface area (Å²) in [4.78, 5) is 4.90. The second kappa shape index (κ2) is 11.1. The predicted octanol–water partition coefficient (Wildman–Crippen LogP) is 4.96. The van der Waals surface area contributed by atoms with Crippen LogP contribution in [0.4, 0.5) is 5.69 Å². The lowest BCUT2D eigenvalue weighted by Crippen LogP contribution is -2.53. The van der Waals surface area contributed by atoms with Gasteiger partial charge in [0.05, 0.1) is 13.2 Å². The molecule has 1 heterocycles. The fraction of sp³-hybridized carbons (Fsp3) is 0.357. The van der Waals surface area contributed by atoms with E-state index in [-0.39, 0.29) is 6.04 Å². The van der Waals surface area contributed by atoms with E-state index in [0.717, 1.165) is 43.4 Å². The van der Waals surface area contributed by atoms with E-state index in [2.05, 4.69) is 60.0 Å². The highest BCUT2D eigenvalue weighted by Crippen LogP contribution is 2.23. The second-order valence-electron chi connectivity index (χ2n) is 8.63. The number of methoxy groups -OCH3 is 1. The van der Waals surface area contributed by atoms with Crippen LogP contribution in [-0.2, 0) is 0 Å². The van der Waals surface area contributed by atoms with Crippen molar-refractivity contribution in [2.75, 3.05) is 51.4 Å². The lowest BCUT2D eigenvalue weighted by molar-refractivity contribution is 0.0864. The van der Waals surface area contributed by atoms with Gasteiger partial charge in [0.1, 0.15) is 30.5 Å². The average molecular weight is 447 g/mol. The van der Waals surface area contributed by atoms with E-state index in [4.69, 9.17) is 14.2 Å². The van der Waals surface area contributed by atoms with Gasteiger partial charge in [-0.15, -0.1) is 0 Å². The van der Waals surface area contributed by atoms with Crippen LogP contribution in [0.1, 0.15) is 11.1 Å². The molecule has 3 aromatic rings. The Morgan fingerprint density at radius 3 is 1.76 bits per heavy atom. The fourth-order valence-electron chi connectivity index (χ4n) is 4.07. The van der Waals surface area contributed by atoms with Gasteiger partial charge < -0.3 is 19.1 Å². The highest BCUT2D eigenvalue weighted by atomic mass is 16.5. The number of benzene rings is 3. The summed E-state index contributed by atoms with van der Waals surface area (Å²) in [6.07, 6.45) is 0. The van der Waals surface area contributed by atoms with Gasteiger partial charge in [0.25, 0.3) is 0 Å². The monoisotopic (exact) mass is 446 g/mol. The molecule has 0 atom stereocenters. The third-order valence-electron chi connectivity index (χ3n) is 6.18. The summed E-state index contributed by atoms with van der Waals surface area (Å²) in [7, 11) is 1.71. The Labute approximate surface area is 197 Å². The van der Waals surface area contributed by atoms with E-state index in [1.54, 1.807) is 7.11 Å². The molecule has 1 aliphatic rings. The Morgan fingerprint density at radius 2 is 1.24 bits per heavy atom. The molecule has 3 aromatic carbocycles. The van der Waals surface area contributed by atoms with Crippen LogP contribution in [0.15, 0.2) is 72.8 Å². The minimum Gasteiger partial charge on any atom is -0.497 e. The molecule has 0 amide bonds. The van der Waals surface area contributed by atoms with Gasteiger partial charge in [-0.1, -0.05) is 41.5 Å². The van der Waals surface area contributed by atoms with E-state index in [1.165, 1.54) is 16.8 Å². The van der Waals surface area contributed by atoms with Crippen molar-refractivity contribution in [1.82, 2.24) is 4.90 Å². The minimum atomic E-state index is 0.167. The number of hydrogen-bond acceptors (Lipinski definition) is 5. The van der Waals surface area contributed by atoms with Crippen LogP contribution in [0.3, 0.4) is 0 Å². The summed E-state index contributed by atoms with van der Waals surface area (Å²) < 4.78 is 17.7. The van der Waals surface area contributed by atoms with Crippen molar-refractivity contribution in [1.29, 1.82) is 0 Å². The third kappa shape index (κ3) is 6.42. The Hall–Kier alpha value is -3.18. The number of nitrogens with zero attached hydrogens (tertiary/aromatic N) is 2. The summed E-state index contributed by atoms with van der Waals surface area (Å²) in [6.45, 7) is 9.18. The molecule has 0 radical (unpaired) electrons. The molecule has 5 nitrogen and oxygen atoms in total. The zero-order valence-corrected chi connectivity index (χ0v) is 19.9. The van der Waals surface area contributed by atoms with Gasteiger partial charge >= 0.3 is 0 Å².